The molecule has 0 aliphatic carbocycles. The minimum Gasteiger partial charge on any atom is -0.358 e. The smallest absolute Gasteiger partial charge is 0.321 e. The Morgan fingerprint density at radius 3 is 2.71 bits per heavy atom. The lowest BCUT2D eigenvalue weighted by atomic mass is 10.0. The van der Waals surface area contributed by atoms with Crippen molar-refractivity contribution in [1.82, 2.24) is 15.6 Å². The molecule has 7 nitrogen and oxygen atoms in total. The van der Waals surface area contributed by atoms with Crippen LogP contribution in [0.2, 0.25) is 0 Å². The number of aromatic nitrogens is 1. The SMILES string of the molecule is Cl.O=C(NCC1CNC1)c1ccc([N+](=O)[O-])[nH]1. The molecular formula is C9H13ClN4O3. The molecular weight excluding hydrogens is 248 g/mol. The lowest BCUT2D eigenvalue weighted by molar-refractivity contribution is -0.389. The number of amides is 1. The van der Waals surface area contributed by atoms with E-state index in [0.717, 1.165) is 13.1 Å². The fraction of sp³-hybridized carbons (Fsp3) is 0.444. The molecule has 1 aromatic rings. The van der Waals surface area contributed by atoms with Crippen LogP contribution in [0.25, 0.3) is 0 Å². The fourth-order valence-corrected chi connectivity index (χ4v) is 1.45. The van der Waals surface area contributed by atoms with Crippen molar-refractivity contribution in [1.29, 1.82) is 0 Å². The molecule has 0 radical (unpaired) electrons. The van der Waals surface area contributed by atoms with E-state index in [1.807, 2.05) is 0 Å². The van der Waals surface area contributed by atoms with Crippen molar-refractivity contribution in [3.05, 3.63) is 27.9 Å². The summed E-state index contributed by atoms with van der Waals surface area (Å²) >= 11 is 0. The van der Waals surface area contributed by atoms with Gasteiger partial charge in [0.05, 0.1) is 0 Å². The summed E-state index contributed by atoms with van der Waals surface area (Å²) in [6.07, 6.45) is 0. The van der Waals surface area contributed by atoms with Crippen LogP contribution in [0.4, 0.5) is 5.82 Å². The van der Waals surface area contributed by atoms with Crippen LogP contribution in [0.1, 0.15) is 10.5 Å². The first kappa shape index (κ1) is 13.5. The van der Waals surface area contributed by atoms with E-state index in [9.17, 15) is 14.9 Å². The zero-order valence-electron chi connectivity index (χ0n) is 8.93. The normalized spacial score (nSPS) is 14.6. The van der Waals surface area contributed by atoms with Gasteiger partial charge in [-0.15, -0.1) is 12.4 Å². The summed E-state index contributed by atoms with van der Waals surface area (Å²) in [5, 5.41) is 16.2. The maximum absolute atomic E-state index is 11.5. The molecule has 0 saturated carbocycles. The molecule has 1 aliphatic heterocycles. The number of H-pyrrole nitrogens is 1. The summed E-state index contributed by atoms with van der Waals surface area (Å²) < 4.78 is 0. The number of rotatable bonds is 4. The van der Waals surface area contributed by atoms with Crippen LogP contribution < -0.4 is 10.6 Å². The van der Waals surface area contributed by atoms with Crippen molar-refractivity contribution < 1.29 is 9.72 Å². The number of hydrogen-bond acceptors (Lipinski definition) is 4. The lowest BCUT2D eigenvalue weighted by Crippen LogP contribution is -2.48. The van der Waals surface area contributed by atoms with Crippen molar-refractivity contribution in [2.24, 2.45) is 5.92 Å². The largest absolute Gasteiger partial charge is 0.358 e. The van der Waals surface area contributed by atoms with E-state index < -0.39 is 4.92 Å². The van der Waals surface area contributed by atoms with E-state index in [4.69, 9.17) is 0 Å². The average Bonchev–Trinajstić information content (AvgIpc) is 2.63. The Balaban J connectivity index is 0.00000144. The molecule has 0 spiro atoms. The molecule has 8 heteroatoms. The molecule has 0 unspecified atom stereocenters. The predicted molar refractivity (Wildman–Crippen MR) is 63.4 cm³/mol. The maximum Gasteiger partial charge on any atom is 0.321 e. The quantitative estimate of drug-likeness (QED) is 0.535. The van der Waals surface area contributed by atoms with Gasteiger partial charge >= 0.3 is 5.82 Å². The Morgan fingerprint density at radius 2 is 2.24 bits per heavy atom. The minimum atomic E-state index is -0.563. The van der Waals surface area contributed by atoms with Crippen molar-refractivity contribution in [2.45, 2.75) is 0 Å². The number of nitrogens with one attached hydrogen (secondary N) is 3. The first-order valence-electron chi connectivity index (χ1n) is 4.99. The summed E-state index contributed by atoms with van der Waals surface area (Å²) in [6, 6.07) is 2.69. The van der Waals surface area contributed by atoms with Crippen molar-refractivity contribution in [2.75, 3.05) is 19.6 Å². The van der Waals surface area contributed by atoms with Gasteiger partial charge in [-0.2, -0.15) is 0 Å². The third-order valence-corrected chi connectivity index (χ3v) is 2.53. The van der Waals surface area contributed by atoms with E-state index >= 15 is 0 Å². The van der Waals surface area contributed by atoms with E-state index in [1.165, 1.54) is 12.1 Å². The van der Waals surface area contributed by atoms with E-state index in [1.54, 1.807) is 0 Å². The number of halogens is 1. The first-order valence-corrected chi connectivity index (χ1v) is 4.99. The van der Waals surface area contributed by atoms with Gasteiger partial charge in [-0.05, 0) is 11.0 Å². The summed E-state index contributed by atoms with van der Waals surface area (Å²) in [5.41, 5.74) is 0.221. The van der Waals surface area contributed by atoms with Crippen LogP contribution in [0.3, 0.4) is 0 Å². The van der Waals surface area contributed by atoms with Crippen LogP contribution in [0, 0.1) is 16.0 Å². The minimum absolute atomic E-state index is 0. The zero-order valence-corrected chi connectivity index (χ0v) is 9.75. The van der Waals surface area contributed by atoms with Crippen LogP contribution in [0.15, 0.2) is 12.1 Å². The highest BCUT2D eigenvalue weighted by molar-refractivity contribution is 5.92. The Kier molecular flexibility index (Phi) is 4.47. The highest BCUT2D eigenvalue weighted by atomic mass is 35.5. The second-order valence-electron chi connectivity index (χ2n) is 3.75. The molecule has 2 heterocycles. The molecule has 0 atom stereocenters. The first-order chi connectivity index (χ1) is 7.66. The highest BCUT2D eigenvalue weighted by Gasteiger charge is 2.19. The standard InChI is InChI=1S/C9H12N4O3.ClH/c14-9(11-5-6-3-10-4-6)7-1-2-8(12-7)13(15)16;/h1-2,6,10,12H,3-5H2,(H,11,14);1H. The maximum atomic E-state index is 11.5. The number of carbonyl (C=O) groups excluding carboxylic acids is 1. The topological polar surface area (TPSA) is 100 Å². The molecule has 17 heavy (non-hydrogen) atoms. The van der Waals surface area contributed by atoms with E-state index in [2.05, 4.69) is 15.6 Å². The van der Waals surface area contributed by atoms with Crippen LogP contribution >= 0.6 is 12.4 Å². The summed E-state index contributed by atoms with van der Waals surface area (Å²) in [5.74, 6) is -0.00985. The van der Waals surface area contributed by atoms with Crippen LogP contribution in [-0.4, -0.2) is 35.4 Å². The molecule has 2 rings (SSSR count). The van der Waals surface area contributed by atoms with E-state index in [-0.39, 0.29) is 29.8 Å². The molecule has 1 aromatic heterocycles. The van der Waals surface area contributed by atoms with Crippen molar-refractivity contribution in [3.63, 3.8) is 0 Å². The lowest BCUT2D eigenvalue weighted by Gasteiger charge is -2.26. The summed E-state index contributed by atoms with van der Waals surface area (Å²) in [4.78, 5) is 23.8. The third kappa shape index (κ3) is 3.18. The predicted octanol–water partition coefficient (Wildman–Crippen LogP) is 0.294. The van der Waals surface area contributed by atoms with Gasteiger partial charge in [0.25, 0.3) is 5.91 Å². The molecule has 94 valence electrons. The second-order valence-corrected chi connectivity index (χ2v) is 3.75. The van der Waals surface area contributed by atoms with Crippen molar-refractivity contribution in [3.8, 4) is 0 Å². The van der Waals surface area contributed by atoms with Crippen LogP contribution in [0.5, 0.6) is 0 Å². The van der Waals surface area contributed by atoms with Gasteiger partial charge in [0, 0.05) is 31.6 Å². The summed E-state index contributed by atoms with van der Waals surface area (Å²) in [6.45, 7) is 2.41. The van der Waals surface area contributed by atoms with Crippen molar-refractivity contribution >= 4 is 24.1 Å². The van der Waals surface area contributed by atoms with Gasteiger partial charge in [-0.3, -0.25) is 4.79 Å². The molecule has 1 aliphatic rings. The molecule has 0 aromatic carbocycles. The number of hydrogen-bond donors (Lipinski definition) is 3. The van der Waals surface area contributed by atoms with Gasteiger partial charge in [0.1, 0.15) is 0 Å². The van der Waals surface area contributed by atoms with Gasteiger partial charge in [0.2, 0.25) is 0 Å². The zero-order chi connectivity index (χ0) is 11.5. The Morgan fingerprint density at radius 1 is 1.53 bits per heavy atom. The molecule has 1 amide bonds. The third-order valence-electron chi connectivity index (χ3n) is 2.53. The number of nitrogens with zero attached hydrogens (tertiary/aromatic N) is 1. The average molecular weight is 261 g/mol. The Hall–Kier alpha value is -1.60. The Bertz CT molecular complexity index is 416. The second kappa shape index (κ2) is 5.65. The molecule has 3 N–H and O–H groups in total. The van der Waals surface area contributed by atoms with Gasteiger partial charge < -0.3 is 20.7 Å². The fourth-order valence-electron chi connectivity index (χ4n) is 1.45. The Labute approximate surface area is 104 Å². The molecule has 0 bridgehead atoms. The number of carbonyl (C=O) groups is 1. The van der Waals surface area contributed by atoms with Crippen LogP contribution in [-0.2, 0) is 0 Å². The monoisotopic (exact) mass is 260 g/mol. The number of nitro groups is 1. The molecule has 1 saturated heterocycles. The van der Waals surface area contributed by atoms with Gasteiger partial charge in [0.15, 0.2) is 5.69 Å². The molecule has 1 fully saturated rings. The summed E-state index contributed by atoms with van der Waals surface area (Å²) in [7, 11) is 0. The van der Waals surface area contributed by atoms with Gasteiger partial charge in [-0.25, -0.2) is 4.98 Å². The number of aromatic amines is 1. The van der Waals surface area contributed by atoms with Gasteiger partial charge in [-0.1, -0.05) is 0 Å². The highest BCUT2D eigenvalue weighted by Crippen LogP contribution is 2.09. The van der Waals surface area contributed by atoms with E-state index in [0.29, 0.717) is 12.5 Å².